The van der Waals surface area contributed by atoms with Gasteiger partial charge in [-0.3, -0.25) is 14.9 Å². The van der Waals surface area contributed by atoms with Gasteiger partial charge in [-0.2, -0.15) is 0 Å². The summed E-state index contributed by atoms with van der Waals surface area (Å²) in [6.07, 6.45) is -1.35. The normalized spacial score (nSPS) is 11.7. The molecule has 4 aromatic rings. The summed E-state index contributed by atoms with van der Waals surface area (Å²) in [7, 11) is 0. The first-order chi connectivity index (χ1) is 15.8. The Morgan fingerprint density at radius 1 is 1.06 bits per heavy atom. The van der Waals surface area contributed by atoms with Gasteiger partial charge in [-0.15, -0.1) is 11.3 Å². The average molecular weight is 481 g/mol. The van der Waals surface area contributed by atoms with Crippen molar-refractivity contribution in [1.29, 1.82) is 0 Å². The van der Waals surface area contributed by atoms with Gasteiger partial charge in [0, 0.05) is 21.7 Å². The highest BCUT2D eigenvalue weighted by Crippen LogP contribution is 2.37. The number of fused-ring (bicyclic) bond motifs is 1. The molecule has 0 fully saturated rings. The Labute approximate surface area is 197 Å². The van der Waals surface area contributed by atoms with E-state index < -0.39 is 22.9 Å². The van der Waals surface area contributed by atoms with E-state index >= 15 is 0 Å². The minimum Gasteiger partial charge on any atom is -0.443 e. The van der Waals surface area contributed by atoms with E-state index in [0.717, 1.165) is 4.70 Å². The van der Waals surface area contributed by atoms with Crippen LogP contribution in [-0.4, -0.2) is 16.8 Å². The molecular weight excluding hydrogens is 464 g/mol. The summed E-state index contributed by atoms with van der Waals surface area (Å²) in [4.78, 5) is 37.2. The van der Waals surface area contributed by atoms with E-state index in [2.05, 4.69) is 5.32 Å². The molecule has 0 aliphatic carbocycles. The number of ether oxygens (including phenoxy) is 1. The fourth-order valence-corrected chi connectivity index (χ4v) is 4.69. The number of nitrogens with one attached hydrogen (secondary N) is 1. The SMILES string of the molecule is Cc1ccc(NC(=O)C(OC(=O)c2sc3ccccc3c2Cl)c2ccccc2)c([N+](=O)[O-])c1. The van der Waals surface area contributed by atoms with Crippen molar-refractivity contribution in [2.75, 3.05) is 5.32 Å². The van der Waals surface area contributed by atoms with E-state index in [0.29, 0.717) is 16.5 Å². The third-order valence-corrected chi connectivity index (χ3v) is 6.55. The fraction of sp³-hybridized carbons (Fsp3) is 0.0833. The summed E-state index contributed by atoms with van der Waals surface area (Å²) < 4.78 is 6.41. The summed E-state index contributed by atoms with van der Waals surface area (Å²) in [6, 6.07) is 20.1. The number of nitro groups is 1. The first kappa shape index (κ1) is 22.4. The van der Waals surface area contributed by atoms with Crippen LogP contribution in [0.25, 0.3) is 10.1 Å². The number of aryl methyl sites for hydroxylation is 1. The van der Waals surface area contributed by atoms with Crippen LogP contribution in [0.2, 0.25) is 5.02 Å². The van der Waals surface area contributed by atoms with Gasteiger partial charge in [0.1, 0.15) is 10.6 Å². The van der Waals surface area contributed by atoms with Crippen molar-refractivity contribution in [3.8, 4) is 0 Å². The Bertz CT molecular complexity index is 1370. The molecule has 33 heavy (non-hydrogen) atoms. The second-order valence-electron chi connectivity index (χ2n) is 7.20. The van der Waals surface area contributed by atoms with Crippen LogP contribution in [0, 0.1) is 17.0 Å². The van der Waals surface area contributed by atoms with Crippen LogP contribution in [0.4, 0.5) is 11.4 Å². The molecule has 0 spiro atoms. The number of thiophene rings is 1. The second kappa shape index (κ2) is 9.40. The van der Waals surface area contributed by atoms with Crippen LogP contribution in [0.15, 0.2) is 72.8 Å². The maximum atomic E-state index is 13.2. The largest absolute Gasteiger partial charge is 0.443 e. The van der Waals surface area contributed by atoms with E-state index in [1.54, 1.807) is 49.4 Å². The number of rotatable bonds is 6. The Morgan fingerprint density at radius 2 is 1.76 bits per heavy atom. The van der Waals surface area contributed by atoms with Gasteiger partial charge in [-0.1, -0.05) is 66.2 Å². The molecular formula is C24H17ClN2O5S. The zero-order valence-electron chi connectivity index (χ0n) is 17.3. The molecule has 0 aliphatic rings. The van der Waals surface area contributed by atoms with Crippen molar-refractivity contribution in [1.82, 2.24) is 0 Å². The molecule has 1 N–H and O–H groups in total. The number of nitro benzene ring substituents is 1. The number of hydrogen-bond donors (Lipinski definition) is 1. The number of hydrogen-bond acceptors (Lipinski definition) is 6. The molecule has 9 heteroatoms. The average Bonchev–Trinajstić information content (AvgIpc) is 3.15. The Balaban J connectivity index is 1.66. The minimum atomic E-state index is -1.35. The lowest BCUT2D eigenvalue weighted by Crippen LogP contribution is -2.26. The van der Waals surface area contributed by atoms with Gasteiger partial charge < -0.3 is 10.1 Å². The Hall–Kier alpha value is -3.75. The highest BCUT2D eigenvalue weighted by Gasteiger charge is 2.29. The zero-order valence-corrected chi connectivity index (χ0v) is 18.9. The standard InChI is InChI=1S/C24H17ClN2O5S/c1-14-11-12-17(18(13-14)27(30)31)26-23(28)21(15-7-3-2-4-8-15)32-24(29)22-20(25)16-9-5-6-10-19(16)33-22/h2-13,21H,1H3,(H,26,28). The second-order valence-corrected chi connectivity index (χ2v) is 8.63. The number of nitrogens with zero attached hydrogens (tertiary/aromatic N) is 1. The molecule has 0 radical (unpaired) electrons. The number of benzene rings is 3. The van der Waals surface area contributed by atoms with Gasteiger partial charge in [0.05, 0.1) is 9.95 Å². The molecule has 4 rings (SSSR count). The molecule has 1 unspecified atom stereocenters. The number of anilines is 1. The third kappa shape index (κ3) is 4.72. The first-order valence-corrected chi connectivity index (χ1v) is 11.0. The minimum absolute atomic E-state index is 0.00692. The highest BCUT2D eigenvalue weighted by molar-refractivity contribution is 7.21. The van der Waals surface area contributed by atoms with Crippen molar-refractivity contribution in [2.45, 2.75) is 13.0 Å². The van der Waals surface area contributed by atoms with Crippen molar-refractivity contribution in [3.63, 3.8) is 0 Å². The number of carbonyl (C=O) groups excluding carboxylic acids is 2. The number of esters is 1. The summed E-state index contributed by atoms with van der Waals surface area (Å²) in [5.74, 6) is -1.48. The molecule has 1 atom stereocenters. The molecule has 0 saturated heterocycles. The molecule has 7 nitrogen and oxygen atoms in total. The van der Waals surface area contributed by atoms with Crippen molar-refractivity contribution < 1.29 is 19.2 Å². The van der Waals surface area contributed by atoms with Crippen molar-refractivity contribution >= 4 is 56.3 Å². The predicted octanol–water partition coefficient (Wildman–Crippen LogP) is 6.31. The Kier molecular flexibility index (Phi) is 6.39. The lowest BCUT2D eigenvalue weighted by Gasteiger charge is -2.18. The van der Waals surface area contributed by atoms with E-state index in [9.17, 15) is 19.7 Å². The van der Waals surface area contributed by atoms with E-state index in [1.807, 2.05) is 18.2 Å². The summed E-state index contributed by atoms with van der Waals surface area (Å²) in [6.45, 7) is 1.71. The summed E-state index contributed by atoms with van der Waals surface area (Å²) in [5.41, 5.74) is 0.835. The predicted molar refractivity (Wildman–Crippen MR) is 128 cm³/mol. The topological polar surface area (TPSA) is 98.5 Å². The van der Waals surface area contributed by atoms with Crippen molar-refractivity contribution in [3.05, 3.63) is 104 Å². The lowest BCUT2D eigenvalue weighted by molar-refractivity contribution is -0.384. The number of amides is 1. The molecule has 1 amide bonds. The maximum Gasteiger partial charge on any atom is 0.351 e. The molecule has 0 aliphatic heterocycles. The van der Waals surface area contributed by atoms with Crippen LogP contribution in [0.3, 0.4) is 0 Å². The van der Waals surface area contributed by atoms with Crippen LogP contribution < -0.4 is 5.32 Å². The first-order valence-electron chi connectivity index (χ1n) is 9.84. The van der Waals surface area contributed by atoms with E-state index in [4.69, 9.17) is 16.3 Å². The molecule has 3 aromatic carbocycles. The van der Waals surface area contributed by atoms with E-state index in [-0.39, 0.29) is 21.3 Å². The molecule has 1 aromatic heterocycles. The van der Waals surface area contributed by atoms with Gasteiger partial charge in [-0.25, -0.2) is 4.79 Å². The Morgan fingerprint density at radius 3 is 2.45 bits per heavy atom. The number of halogens is 1. The summed E-state index contributed by atoms with van der Waals surface area (Å²) >= 11 is 7.56. The zero-order chi connectivity index (χ0) is 23.5. The lowest BCUT2D eigenvalue weighted by atomic mass is 10.1. The van der Waals surface area contributed by atoms with Gasteiger partial charge in [0.25, 0.3) is 11.6 Å². The fourth-order valence-electron chi connectivity index (χ4n) is 3.30. The van der Waals surface area contributed by atoms with Crippen LogP contribution in [0.5, 0.6) is 0 Å². The quantitative estimate of drug-likeness (QED) is 0.198. The van der Waals surface area contributed by atoms with Gasteiger partial charge in [0.2, 0.25) is 6.10 Å². The van der Waals surface area contributed by atoms with Crippen molar-refractivity contribution in [2.24, 2.45) is 0 Å². The molecule has 0 bridgehead atoms. The third-order valence-electron chi connectivity index (χ3n) is 4.89. The van der Waals surface area contributed by atoms with Gasteiger partial charge in [0.15, 0.2) is 0 Å². The van der Waals surface area contributed by atoms with Crippen LogP contribution in [-0.2, 0) is 9.53 Å². The molecule has 0 saturated carbocycles. The van der Waals surface area contributed by atoms with Gasteiger partial charge >= 0.3 is 5.97 Å². The van der Waals surface area contributed by atoms with E-state index in [1.165, 1.54) is 23.5 Å². The maximum absolute atomic E-state index is 13.2. The smallest absolute Gasteiger partial charge is 0.351 e. The molecule has 1 heterocycles. The van der Waals surface area contributed by atoms with Crippen LogP contribution in [0.1, 0.15) is 26.9 Å². The molecule has 166 valence electrons. The monoisotopic (exact) mass is 480 g/mol. The summed E-state index contributed by atoms with van der Waals surface area (Å²) in [5, 5.41) is 14.9. The number of carbonyl (C=O) groups is 2. The highest BCUT2D eigenvalue weighted by atomic mass is 35.5. The van der Waals surface area contributed by atoms with Gasteiger partial charge in [-0.05, 0) is 24.6 Å². The van der Waals surface area contributed by atoms with Crippen LogP contribution >= 0.6 is 22.9 Å².